The number of hydrogen-bond acceptors (Lipinski definition) is 1. The molecule has 0 aliphatic rings. The van der Waals surface area contributed by atoms with Crippen LogP contribution in [-0.4, -0.2) is 37.3 Å². The Kier molecular flexibility index (Phi) is 9.09. The summed E-state index contributed by atoms with van der Waals surface area (Å²) in [6.45, 7) is 1.17. The van der Waals surface area contributed by atoms with E-state index in [0.29, 0.717) is 25.5 Å². The molecule has 0 radical (unpaired) electrons. The second-order valence-electron chi connectivity index (χ2n) is 5.61. The van der Waals surface area contributed by atoms with Gasteiger partial charge < -0.3 is 15.6 Å². The van der Waals surface area contributed by atoms with Gasteiger partial charge in [-0.05, 0) is 30.9 Å². The maximum absolute atomic E-state index is 12.1. The van der Waals surface area contributed by atoms with Gasteiger partial charge in [-0.1, -0.05) is 18.2 Å². The fourth-order valence-corrected chi connectivity index (χ4v) is 2.53. The van der Waals surface area contributed by atoms with E-state index in [1.54, 1.807) is 7.05 Å². The van der Waals surface area contributed by atoms with Crippen molar-refractivity contribution in [2.75, 3.05) is 20.1 Å². The van der Waals surface area contributed by atoms with E-state index in [1.165, 1.54) is 10.9 Å². The number of H-pyrrole nitrogens is 1. The lowest BCUT2D eigenvalue weighted by atomic mass is 10.1. The van der Waals surface area contributed by atoms with Crippen LogP contribution in [0.5, 0.6) is 0 Å². The first kappa shape index (κ1) is 21.6. The van der Waals surface area contributed by atoms with Crippen LogP contribution in [0.2, 0.25) is 0 Å². The SMILES string of the molecule is CN=C(NCCCCC(F)(F)F)NCCc1c[nH]c2ccccc12.I. The second kappa shape index (κ2) is 10.5. The van der Waals surface area contributed by atoms with E-state index < -0.39 is 12.6 Å². The molecule has 25 heavy (non-hydrogen) atoms. The second-order valence-corrected chi connectivity index (χ2v) is 5.61. The van der Waals surface area contributed by atoms with E-state index >= 15 is 0 Å². The first-order chi connectivity index (χ1) is 11.5. The average molecular weight is 468 g/mol. The number of alkyl halides is 3. The van der Waals surface area contributed by atoms with Crippen molar-refractivity contribution < 1.29 is 13.2 Å². The Balaban J connectivity index is 0.00000312. The highest BCUT2D eigenvalue weighted by Gasteiger charge is 2.25. The third kappa shape index (κ3) is 7.54. The normalized spacial score (nSPS) is 12.1. The zero-order valence-electron chi connectivity index (χ0n) is 14.1. The van der Waals surface area contributed by atoms with Crippen molar-refractivity contribution in [1.82, 2.24) is 15.6 Å². The minimum Gasteiger partial charge on any atom is -0.361 e. The minimum absolute atomic E-state index is 0. The van der Waals surface area contributed by atoms with Crippen molar-refractivity contribution in [3.05, 3.63) is 36.0 Å². The molecule has 4 nitrogen and oxygen atoms in total. The highest BCUT2D eigenvalue weighted by molar-refractivity contribution is 14.0. The number of guanidine groups is 1. The van der Waals surface area contributed by atoms with E-state index in [-0.39, 0.29) is 30.4 Å². The summed E-state index contributed by atoms with van der Waals surface area (Å²) in [6, 6.07) is 8.11. The summed E-state index contributed by atoms with van der Waals surface area (Å²) in [5, 5.41) is 7.42. The third-order valence-electron chi connectivity index (χ3n) is 3.76. The highest BCUT2D eigenvalue weighted by Crippen LogP contribution is 2.21. The van der Waals surface area contributed by atoms with Crippen molar-refractivity contribution in [3.63, 3.8) is 0 Å². The van der Waals surface area contributed by atoms with Gasteiger partial charge in [0.2, 0.25) is 0 Å². The van der Waals surface area contributed by atoms with Crippen molar-refractivity contribution in [1.29, 1.82) is 0 Å². The number of aromatic nitrogens is 1. The van der Waals surface area contributed by atoms with Crippen LogP contribution in [0.4, 0.5) is 13.2 Å². The van der Waals surface area contributed by atoms with Gasteiger partial charge in [-0.3, -0.25) is 4.99 Å². The Bertz CT molecular complexity index is 667. The van der Waals surface area contributed by atoms with Gasteiger partial charge in [0, 0.05) is 43.7 Å². The molecule has 0 aliphatic carbocycles. The lowest BCUT2D eigenvalue weighted by Crippen LogP contribution is -2.38. The number of para-hydroxylation sites is 1. The van der Waals surface area contributed by atoms with Gasteiger partial charge in [-0.25, -0.2) is 0 Å². The lowest BCUT2D eigenvalue weighted by Gasteiger charge is -2.12. The summed E-state index contributed by atoms with van der Waals surface area (Å²) in [6.07, 6.45) is -1.38. The average Bonchev–Trinajstić information content (AvgIpc) is 2.95. The van der Waals surface area contributed by atoms with Crippen molar-refractivity contribution >= 4 is 40.8 Å². The smallest absolute Gasteiger partial charge is 0.361 e. The number of hydrogen-bond donors (Lipinski definition) is 3. The molecule has 1 aromatic carbocycles. The molecular formula is C17H24F3IN4. The Morgan fingerprint density at radius 1 is 1.12 bits per heavy atom. The molecule has 140 valence electrons. The van der Waals surface area contributed by atoms with Crippen molar-refractivity contribution in [2.45, 2.75) is 31.9 Å². The van der Waals surface area contributed by atoms with Gasteiger partial charge in [0.25, 0.3) is 0 Å². The quantitative estimate of drug-likeness (QED) is 0.247. The Labute approximate surface area is 162 Å². The van der Waals surface area contributed by atoms with Crippen LogP contribution in [0.15, 0.2) is 35.5 Å². The first-order valence-electron chi connectivity index (χ1n) is 8.06. The maximum atomic E-state index is 12.1. The molecule has 2 aromatic rings. The molecule has 0 atom stereocenters. The van der Waals surface area contributed by atoms with Gasteiger partial charge in [0.05, 0.1) is 0 Å². The monoisotopic (exact) mass is 468 g/mol. The van der Waals surface area contributed by atoms with E-state index in [2.05, 4.69) is 26.7 Å². The van der Waals surface area contributed by atoms with E-state index in [4.69, 9.17) is 0 Å². The summed E-state index contributed by atoms with van der Waals surface area (Å²) in [5.41, 5.74) is 2.33. The molecular weight excluding hydrogens is 444 g/mol. The molecule has 0 fully saturated rings. The van der Waals surface area contributed by atoms with Crippen LogP contribution >= 0.6 is 24.0 Å². The van der Waals surface area contributed by atoms with Gasteiger partial charge in [-0.2, -0.15) is 13.2 Å². The van der Waals surface area contributed by atoms with Crippen LogP contribution in [0.25, 0.3) is 10.9 Å². The largest absolute Gasteiger partial charge is 0.389 e. The lowest BCUT2D eigenvalue weighted by molar-refractivity contribution is -0.135. The number of nitrogens with zero attached hydrogens (tertiary/aromatic N) is 1. The zero-order valence-corrected chi connectivity index (χ0v) is 16.4. The van der Waals surface area contributed by atoms with Crippen LogP contribution in [0.1, 0.15) is 24.8 Å². The first-order valence-corrected chi connectivity index (χ1v) is 8.06. The highest BCUT2D eigenvalue weighted by atomic mass is 127. The molecule has 1 aromatic heterocycles. The van der Waals surface area contributed by atoms with Crippen LogP contribution in [-0.2, 0) is 6.42 Å². The predicted octanol–water partition coefficient (Wildman–Crippen LogP) is 4.23. The van der Waals surface area contributed by atoms with Gasteiger partial charge in [0.15, 0.2) is 5.96 Å². The summed E-state index contributed by atoms with van der Waals surface area (Å²) in [7, 11) is 1.65. The molecule has 3 N–H and O–H groups in total. The van der Waals surface area contributed by atoms with Crippen LogP contribution in [0.3, 0.4) is 0 Å². The number of benzene rings is 1. The summed E-state index contributed by atoms with van der Waals surface area (Å²) in [5.74, 6) is 0.613. The maximum Gasteiger partial charge on any atom is 0.389 e. The number of aromatic amines is 1. The van der Waals surface area contributed by atoms with Crippen LogP contribution < -0.4 is 10.6 Å². The van der Waals surface area contributed by atoms with Crippen molar-refractivity contribution in [3.8, 4) is 0 Å². The zero-order chi connectivity index (χ0) is 17.4. The standard InChI is InChI=1S/C17H23F3N4.HI/c1-21-16(22-10-5-4-9-17(18,19)20)23-11-8-13-12-24-15-7-3-2-6-14(13)15;/h2-3,6-7,12,24H,4-5,8-11H2,1H3,(H2,21,22,23);1H. The third-order valence-corrected chi connectivity index (χ3v) is 3.76. The summed E-state index contributed by atoms with van der Waals surface area (Å²) in [4.78, 5) is 7.32. The minimum atomic E-state index is -4.07. The van der Waals surface area contributed by atoms with E-state index in [0.717, 1.165) is 11.9 Å². The van der Waals surface area contributed by atoms with Gasteiger partial charge >= 0.3 is 6.18 Å². The number of nitrogens with one attached hydrogen (secondary N) is 3. The van der Waals surface area contributed by atoms with Crippen LogP contribution in [0, 0.1) is 0 Å². The molecule has 0 aliphatic heterocycles. The number of halogens is 4. The fourth-order valence-electron chi connectivity index (χ4n) is 2.53. The molecule has 0 amide bonds. The van der Waals surface area contributed by atoms with Crippen molar-refractivity contribution in [2.24, 2.45) is 4.99 Å². The number of rotatable bonds is 7. The molecule has 0 saturated heterocycles. The summed E-state index contributed by atoms with van der Waals surface area (Å²) >= 11 is 0. The Morgan fingerprint density at radius 2 is 1.84 bits per heavy atom. The van der Waals surface area contributed by atoms with Gasteiger partial charge in [-0.15, -0.1) is 24.0 Å². The van der Waals surface area contributed by atoms with E-state index in [1.807, 2.05) is 24.4 Å². The summed E-state index contributed by atoms with van der Waals surface area (Å²) < 4.78 is 36.2. The molecule has 2 rings (SSSR count). The molecule has 0 bridgehead atoms. The fraction of sp³-hybridized carbons (Fsp3) is 0.471. The molecule has 0 unspecified atom stereocenters. The topological polar surface area (TPSA) is 52.2 Å². The van der Waals surface area contributed by atoms with Gasteiger partial charge in [0.1, 0.15) is 0 Å². The predicted molar refractivity (Wildman–Crippen MR) is 107 cm³/mol. The Morgan fingerprint density at radius 3 is 2.56 bits per heavy atom. The molecule has 0 spiro atoms. The molecule has 8 heteroatoms. The molecule has 0 saturated carbocycles. The number of unbranched alkanes of at least 4 members (excludes halogenated alkanes) is 1. The van der Waals surface area contributed by atoms with E-state index in [9.17, 15) is 13.2 Å². The number of fused-ring (bicyclic) bond motifs is 1. The number of aliphatic imine (C=N–C) groups is 1. The molecule has 1 heterocycles. The Hall–Kier alpha value is -1.45.